The normalized spacial score (nSPS) is 18.9. The summed E-state index contributed by atoms with van der Waals surface area (Å²) in [7, 11) is -4.29. The number of hydrogen-bond donors (Lipinski definition) is 2. The third-order valence-corrected chi connectivity index (χ3v) is 16.0. The molecule has 0 saturated carbocycles. The molecule has 0 aromatic carbocycles. The van der Waals surface area contributed by atoms with E-state index in [2.05, 4.69) is 99.7 Å². The Labute approximate surface area is 245 Å². The molecule has 11 heteroatoms. The number of halogens is 2. The van der Waals surface area contributed by atoms with Crippen LogP contribution in [0.3, 0.4) is 0 Å². The van der Waals surface area contributed by atoms with Crippen LogP contribution in [0.2, 0.25) is 42.8 Å². The molecule has 0 radical (unpaired) electrons. The summed E-state index contributed by atoms with van der Waals surface area (Å²) in [6, 6.07) is 3.77. The van der Waals surface area contributed by atoms with Crippen LogP contribution in [0, 0.1) is 11.7 Å². The fourth-order valence-electron chi connectivity index (χ4n) is 5.43. The van der Waals surface area contributed by atoms with Crippen molar-refractivity contribution in [2.24, 2.45) is 5.92 Å². The minimum absolute atomic E-state index is 0.0473. The summed E-state index contributed by atoms with van der Waals surface area (Å²) in [5.74, 6) is 0.525. The molecule has 1 fully saturated rings. The lowest BCUT2D eigenvalue weighted by molar-refractivity contribution is -0.00559. The molecule has 3 aromatic rings. The molecule has 1 aliphatic rings. The number of aromatic amines is 1. The number of piperazine rings is 1. The fourth-order valence-corrected chi connectivity index (χ4v) is 10.2. The van der Waals surface area contributed by atoms with Crippen molar-refractivity contribution in [2.45, 2.75) is 91.0 Å². The molecule has 220 valence electrons. The fraction of sp³-hybridized carbons (Fsp3) is 0.621. The van der Waals surface area contributed by atoms with E-state index in [0.29, 0.717) is 40.5 Å². The Hall–Kier alpha value is -1.86. The zero-order chi connectivity index (χ0) is 29.8. The van der Waals surface area contributed by atoms with Crippen LogP contribution in [0.25, 0.3) is 22.4 Å². The van der Waals surface area contributed by atoms with Crippen LogP contribution in [0.15, 0.2) is 18.3 Å². The van der Waals surface area contributed by atoms with E-state index in [9.17, 15) is 0 Å². The second-order valence-electron chi connectivity index (χ2n) is 14.1. The highest BCUT2D eigenvalue weighted by Crippen LogP contribution is 2.41. The van der Waals surface area contributed by atoms with Gasteiger partial charge in [-0.3, -0.25) is 5.10 Å². The van der Waals surface area contributed by atoms with Gasteiger partial charge in [0.25, 0.3) is 0 Å². The molecule has 40 heavy (non-hydrogen) atoms. The van der Waals surface area contributed by atoms with Crippen molar-refractivity contribution in [1.29, 1.82) is 0 Å². The number of nitrogens with zero attached hydrogens (tertiary/aromatic N) is 4. The van der Waals surface area contributed by atoms with Crippen molar-refractivity contribution in [1.82, 2.24) is 25.5 Å². The Balaban J connectivity index is 1.91. The van der Waals surface area contributed by atoms with Gasteiger partial charge in [0, 0.05) is 31.2 Å². The van der Waals surface area contributed by atoms with E-state index in [-0.39, 0.29) is 34.1 Å². The molecular formula is C29H46ClFN6OSi2. The first kappa shape index (κ1) is 31.1. The van der Waals surface area contributed by atoms with Gasteiger partial charge in [-0.05, 0) is 54.8 Å². The average Bonchev–Trinajstić information content (AvgIpc) is 3.26. The Kier molecular flexibility index (Phi) is 8.37. The lowest BCUT2D eigenvalue weighted by atomic mass is 9.84. The minimum atomic E-state index is -2.44. The van der Waals surface area contributed by atoms with E-state index in [4.69, 9.17) is 21.0 Å². The van der Waals surface area contributed by atoms with E-state index < -0.39 is 16.4 Å². The Morgan fingerprint density at radius 1 is 1.12 bits per heavy atom. The standard InChI is InChI=1S/C29H46ClFN6OSi2/c1-18(2)29(6,38-39(7,8)9)20-17-37(16-15-32-20)27-21(30)25(40(10,11)28(3,4)5)22(31)24(34-27)23-19-13-12-14-33-26(19)36-35-23/h12-14,18,20,32H,15-17H2,1-11H3,(H,33,35,36)/t20-,29?/m1/s1. The predicted octanol–water partition coefficient (Wildman–Crippen LogP) is 6.57. The lowest BCUT2D eigenvalue weighted by Crippen LogP contribution is -2.65. The van der Waals surface area contributed by atoms with Crippen LogP contribution in [-0.2, 0) is 4.43 Å². The number of pyridine rings is 2. The molecule has 0 spiro atoms. The molecule has 0 bridgehead atoms. The first-order valence-electron chi connectivity index (χ1n) is 14.3. The monoisotopic (exact) mass is 604 g/mol. The van der Waals surface area contributed by atoms with Crippen LogP contribution < -0.4 is 15.4 Å². The zero-order valence-electron chi connectivity index (χ0n) is 26.0. The van der Waals surface area contributed by atoms with Crippen molar-refractivity contribution < 1.29 is 8.82 Å². The molecule has 3 aromatic heterocycles. The number of nitrogens with one attached hydrogen (secondary N) is 2. The zero-order valence-corrected chi connectivity index (χ0v) is 28.7. The Bertz CT molecular complexity index is 1380. The number of H-pyrrole nitrogens is 1. The van der Waals surface area contributed by atoms with Crippen LogP contribution in [0.1, 0.15) is 41.5 Å². The van der Waals surface area contributed by atoms with Crippen LogP contribution >= 0.6 is 11.6 Å². The maximum atomic E-state index is 16.7. The van der Waals surface area contributed by atoms with E-state index in [0.717, 1.165) is 11.9 Å². The topological polar surface area (TPSA) is 79.0 Å². The van der Waals surface area contributed by atoms with Gasteiger partial charge in [-0.2, -0.15) is 5.10 Å². The second kappa shape index (κ2) is 10.8. The van der Waals surface area contributed by atoms with E-state index in [1.807, 2.05) is 12.1 Å². The summed E-state index contributed by atoms with van der Waals surface area (Å²) in [6.07, 6.45) is 1.69. The summed E-state index contributed by atoms with van der Waals surface area (Å²) in [4.78, 5) is 11.5. The largest absolute Gasteiger partial charge is 0.411 e. The summed E-state index contributed by atoms with van der Waals surface area (Å²) in [6.45, 7) is 26.3. The Morgan fingerprint density at radius 3 is 2.40 bits per heavy atom. The molecule has 2 N–H and O–H groups in total. The maximum Gasteiger partial charge on any atom is 0.184 e. The number of aromatic nitrogens is 4. The van der Waals surface area contributed by atoms with Gasteiger partial charge in [0.15, 0.2) is 19.8 Å². The van der Waals surface area contributed by atoms with Crippen LogP contribution in [0.5, 0.6) is 0 Å². The smallest absolute Gasteiger partial charge is 0.184 e. The first-order chi connectivity index (χ1) is 18.4. The quantitative estimate of drug-likeness (QED) is 0.297. The first-order valence-corrected chi connectivity index (χ1v) is 21.0. The van der Waals surface area contributed by atoms with E-state index in [1.165, 1.54) is 0 Å². The second-order valence-corrected chi connectivity index (χ2v) is 24.2. The summed E-state index contributed by atoms with van der Waals surface area (Å²) in [5, 5.41) is 12.8. The van der Waals surface area contributed by atoms with E-state index in [1.54, 1.807) is 6.20 Å². The van der Waals surface area contributed by atoms with Gasteiger partial charge in [-0.15, -0.1) is 0 Å². The van der Waals surface area contributed by atoms with Gasteiger partial charge in [0.1, 0.15) is 17.2 Å². The average molecular weight is 605 g/mol. The third kappa shape index (κ3) is 5.62. The van der Waals surface area contributed by atoms with Crippen molar-refractivity contribution >= 4 is 50.0 Å². The molecule has 1 saturated heterocycles. The van der Waals surface area contributed by atoms with Gasteiger partial charge in [-0.1, -0.05) is 59.3 Å². The maximum absolute atomic E-state index is 16.7. The molecule has 7 nitrogen and oxygen atoms in total. The van der Waals surface area contributed by atoms with Crippen LogP contribution in [0.4, 0.5) is 10.2 Å². The lowest BCUT2D eigenvalue weighted by Gasteiger charge is -2.49. The molecule has 1 aliphatic heterocycles. The van der Waals surface area contributed by atoms with Gasteiger partial charge in [-0.25, -0.2) is 14.4 Å². The predicted molar refractivity (Wildman–Crippen MR) is 171 cm³/mol. The minimum Gasteiger partial charge on any atom is -0.411 e. The van der Waals surface area contributed by atoms with Crippen LogP contribution in [-0.4, -0.2) is 67.8 Å². The van der Waals surface area contributed by atoms with Crippen molar-refractivity contribution in [3.8, 4) is 11.4 Å². The van der Waals surface area contributed by atoms with Gasteiger partial charge in [0.2, 0.25) is 0 Å². The Morgan fingerprint density at radius 2 is 1.80 bits per heavy atom. The summed E-state index contributed by atoms with van der Waals surface area (Å²) in [5.41, 5.74) is 0.894. The molecular weight excluding hydrogens is 559 g/mol. The highest BCUT2D eigenvalue weighted by Gasteiger charge is 2.46. The highest BCUT2D eigenvalue weighted by atomic mass is 35.5. The molecule has 0 amide bonds. The molecule has 0 aliphatic carbocycles. The number of anilines is 1. The summed E-state index contributed by atoms with van der Waals surface area (Å²) < 4.78 is 23.6. The summed E-state index contributed by atoms with van der Waals surface area (Å²) >= 11 is 7.23. The number of rotatable bonds is 7. The van der Waals surface area contributed by atoms with Gasteiger partial charge in [0.05, 0.1) is 24.7 Å². The highest BCUT2D eigenvalue weighted by molar-refractivity contribution is 6.93. The third-order valence-electron chi connectivity index (χ3n) is 8.96. The van der Waals surface area contributed by atoms with E-state index >= 15 is 4.39 Å². The molecule has 4 heterocycles. The van der Waals surface area contributed by atoms with Crippen molar-refractivity contribution in [3.05, 3.63) is 29.2 Å². The molecule has 2 atom stereocenters. The van der Waals surface area contributed by atoms with Gasteiger partial charge < -0.3 is 14.6 Å². The molecule has 1 unspecified atom stereocenters. The van der Waals surface area contributed by atoms with Crippen molar-refractivity contribution in [2.75, 3.05) is 24.5 Å². The SMILES string of the molecule is CC(C)C(C)(O[Si](C)(C)C)[C@H]1CN(c2nc(-c3n[nH]c4ncccc34)c(F)c([Si](C)(C)C(C)(C)C)c2Cl)CCN1. The molecule has 4 rings (SSSR count). The van der Waals surface area contributed by atoms with Gasteiger partial charge >= 0.3 is 0 Å². The number of hydrogen-bond acceptors (Lipinski definition) is 6. The number of fused-ring (bicyclic) bond motifs is 1. The van der Waals surface area contributed by atoms with Crippen molar-refractivity contribution in [3.63, 3.8) is 0 Å².